The molecule has 1 aliphatic rings. The maximum Gasteiger partial charge on any atom is 2.00 e. The predicted octanol–water partition coefficient (Wildman–Crippen LogP) is 20.0. The molecule has 0 atom stereocenters. The van der Waals surface area contributed by atoms with Crippen LogP contribution in [0.1, 0.15) is 256 Å². The third kappa shape index (κ3) is 28.9. The van der Waals surface area contributed by atoms with Gasteiger partial charge in [-0.1, -0.05) is 225 Å². The zero-order valence-electron chi connectivity index (χ0n) is 40.8. The van der Waals surface area contributed by atoms with Gasteiger partial charge in [0.05, 0.1) is 0 Å². The number of hydrogen-bond acceptors (Lipinski definition) is 0. The maximum atomic E-state index is 11.7. The van der Waals surface area contributed by atoms with Gasteiger partial charge in [-0.25, -0.2) is 4.70 Å². The largest absolute Gasteiger partial charge is 2.00 e. The Hall–Kier alpha value is -2.25. The van der Waals surface area contributed by atoms with Crippen LogP contribution in [0.3, 0.4) is 0 Å². The van der Waals surface area contributed by atoms with E-state index < -0.39 is 0 Å². The fraction of sp³-hybridized carbons (Fsp3) is 0.655. The average Bonchev–Trinajstić information content (AvgIpc) is 3.61. The Balaban J connectivity index is 0.00000366. The van der Waals surface area contributed by atoms with E-state index in [4.69, 9.17) is 0 Å². The molecule has 2 aromatic carbocycles. The summed E-state index contributed by atoms with van der Waals surface area (Å²) in [6, 6.07) is 17.5. The Morgan fingerprint density at radius 1 is 0.492 bits per heavy atom. The second kappa shape index (κ2) is 43.0. The number of rotatable bonds is 34. The van der Waals surface area contributed by atoms with Crippen molar-refractivity contribution in [3.63, 3.8) is 0 Å². The van der Waals surface area contributed by atoms with Gasteiger partial charge in [-0.3, -0.25) is 0 Å². The zero-order chi connectivity index (χ0) is 43.7. The van der Waals surface area contributed by atoms with Crippen LogP contribution in [-0.2, 0) is 29.3 Å². The molecule has 3 heteroatoms. The quantitative estimate of drug-likeness (QED) is 0.0220. The summed E-state index contributed by atoms with van der Waals surface area (Å²) in [6.07, 6.45) is 50.2. The van der Waals surface area contributed by atoms with Crippen molar-refractivity contribution in [1.29, 1.82) is 0 Å². The van der Waals surface area contributed by atoms with E-state index in [0.717, 1.165) is 68.3 Å². The molecule has 0 amide bonds. The first-order chi connectivity index (χ1) is 29.5. The summed E-state index contributed by atoms with van der Waals surface area (Å²) in [4.78, 5) is 0. The van der Waals surface area contributed by atoms with Gasteiger partial charge in [0.2, 0.25) is 11.4 Å². The molecule has 0 fully saturated rings. The van der Waals surface area contributed by atoms with E-state index in [2.05, 4.69) is 115 Å². The zero-order valence-corrected chi connectivity index (χ0v) is 41.8. The van der Waals surface area contributed by atoms with Gasteiger partial charge in [-0.05, 0) is 80.7 Å². The fourth-order valence-electron chi connectivity index (χ4n) is 7.83. The van der Waals surface area contributed by atoms with Crippen molar-refractivity contribution in [2.75, 3.05) is 0 Å². The molecule has 0 unspecified atom stereocenters. The number of unbranched alkanes of at least 4 members (excludes halogenated alkanes) is 24. The van der Waals surface area contributed by atoms with E-state index in [1.165, 1.54) is 187 Å². The van der Waals surface area contributed by atoms with E-state index in [-0.39, 0.29) is 16.5 Å². The first-order valence-electron chi connectivity index (χ1n) is 25.9. The van der Waals surface area contributed by atoms with Crippen LogP contribution >= 0.6 is 0 Å². The average molecular weight is 880 g/mol. The minimum Gasteiger partial charge on any atom is -0.493 e. The van der Waals surface area contributed by atoms with Gasteiger partial charge < -0.3 is 19.4 Å². The first-order valence-corrected chi connectivity index (χ1v) is 25.9. The van der Waals surface area contributed by atoms with Crippen molar-refractivity contribution in [2.24, 2.45) is 0 Å². The Labute approximate surface area is 391 Å². The van der Waals surface area contributed by atoms with Gasteiger partial charge in [0.15, 0.2) is 0 Å². The van der Waals surface area contributed by atoms with Crippen molar-refractivity contribution in [2.45, 2.75) is 247 Å². The van der Waals surface area contributed by atoms with Gasteiger partial charge in [0.25, 0.3) is 0 Å². The van der Waals surface area contributed by atoms with Crippen LogP contribution < -0.4 is 0 Å². The SMILES string of the molecule is CCCCCCCCCCCCCCCCCCCCCCC=CCCc1ccccc1C1=C(CCCC)C=C(c2cccc(CCCC)c2)[N+]1=[N-].[CH2-]CCC.[CH2-]CCC.[Ni+2]. The summed E-state index contributed by atoms with van der Waals surface area (Å²) < 4.78 is 1.48. The van der Waals surface area contributed by atoms with Crippen molar-refractivity contribution >= 4 is 11.4 Å². The van der Waals surface area contributed by atoms with Crippen LogP contribution in [0.25, 0.3) is 16.9 Å². The predicted molar refractivity (Wildman–Crippen MR) is 270 cm³/mol. The number of nitrogens with zero attached hydrogens (tertiary/aromatic N) is 2. The number of benzene rings is 2. The van der Waals surface area contributed by atoms with Crippen LogP contribution in [0, 0.1) is 13.8 Å². The number of allylic oxidation sites excluding steroid dienone is 4. The smallest absolute Gasteiger partial charge is 0.493 e. The first kappa shape index (κ1) is 58.8. The second-order valence-corrected chi connectivity index (χ2v) is 17.5. The Morgan fingerprint density at radius 2 is 0.951 bits per heavy atom. The normalized spacial score (nSPS) is 12.2. The topological polar surface area (TPSA) is 25.3 Å². The van der Waals surface area contributed by atoms with Crippen LogP contribution in [0.2, 0.25) is 0 Å². The molecule has 0 saturated heterocycles. The number of aryl methyl sites for hydroxylation is 2. The maximum absolute atomic E-state index is 11.7. The van der Waals surface area contributed by atoms with E-state index >= 15 is 0 Å². The molecule has 0 N–H and O–H groups in total. The van der Waals surface area contributed by atoms with Gasteiger partial charge in [0, 0.05) is 22.8 Å². The summed E-state index contributed by atoms with van der Waals surface area (Å²) in [5.74, 6) is 0. The van der Waals surface area contributed by atoms with E-state index in [0.29, 0.717) is 0 Å². The molecule has 2 nitrogen and oxygen atoms in total. The molecular weight excluding hydrogens is 783 g/mol. The van der Waals surface area contributed by atoms with Crippen LogP contribution in [-0.4, -0.2) is 4.70 Å². The van der Waals surface area contributed by atoms with E-state index in [1.54, 1.807) is 0 Å². The molecule has 3 rings (SSSR count). The van der Waals surface area contributed by atoms with Crippen molar-refractivity contribution < 1.29 is 21.2 Å². The summed E-state index contributed by atoms with van der Waals surface area (Å²) in [6.45, 7) is 18.2. The third-order valence-electron chi connectivity index (χ3n) is 11.8. The molecule has 348 valence electrons. The molecule has 2 aromatic rings. The van der Waals surface area contributed by atoms with E-state index in [9.17, 15) is 5.53 Å². The Bertz CT molecular complexity index is 1390. The molecule has 0 saturated carbocycles. The van der Waals surface area contributed by atoms with Crippen LogP contribution in [0.15, 0.2) is 72.3 Å². The van der Waals surface area contributed by atoms with Gasteiger partial charge >= 0.3 is 16.5 Å². The molecule has 0 aliphatic carbocycles. The summed E-state index contributed by atoms with van der Waals surface area (Å²) in [5.41, 5.74) is 19.7. The molecular formula is C58H96N2Ni. The minimum atomic E-state index is 0. The summed E-state index contributed by atoms with van der Waals surface area (Å²) in [5, 5.41) is 0. The van der Waals surface area contributed by atoms with Gasteiger partial charge in [-0.15, -0.1) is 0 Å². The van der Waals surface area contributed by atoms with E-state index in [1.807, 2.05) is 0 Å². The monoisotopic (exact) mass is 879 g/mol. The Morgan fingerprint density at radius 3 is 1.46 bits per heavy atom. The summed E-state index contributed by atoms with van der Waals surface area (Å²) >= 11 is 0. The van der Waals surface area contributed by atoms with Gasteiger partial charge in [-0.2, -0.15) is 12.8 Å². The standard InChI is InChI=1S/C50H78N2.2C4H9.Ni/c1-4-7-10-11-12-13-14-15-16-17-18-19-20-21-22-23-24-25-26-27-28-29-30-31-38-45-39-32-33-41-48(45)50-47(37-9-6-3)43-49(52(50)51)46-40-34-36-44(42-46)35-8-5-2;2*1-3-4-2;/h29-30,32-34,36,39-43H,4-28,31,35,37-38H2,1-3H3;2*1,3-4H2,2H3;/q;2*-1;+2. The van der Waals surface area contributed by atoms with Crippen LogP contribution in [0.4, 0.5) is 0 Å². The summed E-state index contributed by atoms with van der Waals surface area (Å²) in [7, 11) is 0. The molecule has 0 bridgehead atoms. The van der Waals surface area contributed by atoms with Gasteiger partial charge in [0.1, 0.15) is 0 Å². The molecule has 0 aromatic heterocycles. The molecule has 0 spiro atoms. The fourth-order valence-corrected chi connectivity index (χ4v) is 7.83. The molecule has 1 aliphatic heterocycles. The Kier molecular flexibility index (Phi) is 41.4. The molecule has 1 heterocycles. The van der Waals surface area contributed by atoms with Crippen molar-refractivity contribution in [3.05, 3.63) is 114 Å². The minimum absolute atomic E-state index is 0. The van der Waals surface area contributed by atoms with Crippen molar-refractivity contribution in [1.82, 2.24) is 0 Å². The molecule has 61 heavy (non-hydrogen) atoms. The third-order valence-corrected chi connectivity index (χ3v) is 11.8. The number of hydrogen-bond donors (Lipinski definition) is 0. The molecule has 0 radical (unpaired) electrons. The van der Waals surface area contributed by atoms with Crippen LogP contribution in [0.5, 0.6) is 0 Å². The second-order valence-electron chi connectivity index (χ2n) is 17.5. The van der Waals surface area contributed by atoms with Crippen molar-refractivity contribution in [3.8, 4) is 0 Å².